The molecule has 0 aliphatic carbocycles. The summed E-state index contributed by atoms with van der Waals surface area (Å²) in [6.07, 6.45) is 5.30. The molecule has 0 aliphatic rings. The number of aromatic nitrogens is 2. The summed E-state index contributed by atoms with van der Waals surface area (Å²) in [5.41, 5.74) is 3.13. The van der Waals surface area contributed by atoms with Crippen molar-refractivity contribution in [2.24, 2.45) is 7.05 Å². The van der Waals surface area contributed by atoms with Gasteiger partial charge < -0.3 is 4.42 Å². The molecule has 0 saturated heterocycles. The largest absolute Gasteiger partial charge is 0.419 e. The number of fused-ring (bicyclic) bond motifs is 1. The van der Waals surface area contributed by atoms with Gasteiger partial charge in [-0.05, 0) is 36.3 Å². The molecule has 0 radical (unpaired) electrons. The molecule has 0 aliphatic heterocycles. The molecular formula is C17H10N2O2. The second-order valence-electron chi connectivity index (χ2n) is 4.41. The maximum Gasteiger partial charge on any atom is 0.419 e. The minimum Gasteiger partial charge on any atom is -0.408 e. The normalized spacial score (nSPS) is 9.90. The van der Waals surface area contributed by atoms with E-state index in [4.69, 9.17) is 10.8 Å². The number of aryl methyl sites for hydroxylation is 1. The Morgan fingerprint density at radius 2 is 2.00 bits per heavy atom. The standard InChI is InChI=1S/C17H10N2O2/c1-3-13-5-4-6-14(18-13)9-7-12-8-10-15-16(11-12)21-17(20)19(15)2/h1,4-6,8,10-11H,2H3. The molecule has 1 aromatic carbocycles. The van der Waals surface area contributed by atoms with Crippen LogP contribution in [0.15, 0.2) is 45.6 Å². The van der Waals surface area contributed by atoms with Gasteiger partial charge in [-0.1, -0.05) is 17.9 Å². The average molecular weight is 274 g/mol. The van der Waals surface area contributed by atoms with Gasteiger partial charge in [-0.15, -0.1) is 6.42 Å². The number of terminal acetylenes is 1. The highest BCUT2D eigenvalue weighted by molar-refractivity contribution is 5.74. The summed E-state index contributed by atoms with van der Waals surface area (Å²) in [7, 11) is 1.66. The maximum absolute atomic E-state index is 11.4. The Balaban J connectivity index is 2.01. The van der Waals surface area contributed by atoms with Gasteiger partial charge in [0, 0.05) is 12.6 Å². The molecule has 0 unspecified atom stereocenters. The molecule has 0 spiro atoms. The van der Waals surface area contributed by atoms with Crippen molar-refractivity contribution in [1.82, 2.24) is 9.55 Å². The van der Waals surface area contributed by atoms with E-state index in [0.717, 1.165) is 11.1 Å². The van der Waals surface area contributed by atoms with Crippen molar-refractivity contribution in [3.63, 3.8) is 0 Å². The molecule has 0 N–H and O–H groups in total. The Kier molecular flexibility index (Phi) is 3.06. The molecule has 100 valence electrons. The van der Waals surface area contributed by atoms with E-state index in [0.29, 0.717) is 17.0 Å². The van der Waals surface area contributed by atoms with Gasteiger partial charge in [0.15, 0.2) is 5.58 Å². The van der Waals surface area contributed by atoms with Crippen LogP contribution in [0.4, 0.5) is 0 Å². The second-order valence-corrected chi connectivity index (χ2v) is 4.41. The van der Waals surface area contributed by atoms with Gasteiger partial charge in [-0.25, -0.2) is 9.78 Å². The molecule has 4 nitrogen and oxygen atoms in total. The summed E-state index contributed by atoms with van der Waals surface area (Å²) in [5.74, 6) is 8.00. The van der Waals surface area contributed by atoms with E-state index in [2.05, 4.69) is 22.7 Å². The molecular weight excluding hydrogens is 264 g/mol. The van der Waals surface area contributed by atoms with E-state index in [-0.39, 0.29) is 0 Å². The number of pyridine rings is 1. The summed E-state index contributed by atoms with van der Waals surface area (Å²) in [6, 6.07) is 10.7. The Morgan fingerprint density at radius 3 is 2.81 bits per heavy atom. The molecule has 0 fully saturated rings. The zero-order chi connectivity index (χ0) is 14.8. The van der Waals surface area contributed by atoms with E-state index >= 15 is 0 Å². The van der Waals surface area contributed by atoms with Crippen molar-refractivity contribution in [3.05, 3.63) is 63.9 Å². The molecule has 4 heteroatoms. The molecule has 0 saturated carbocycles. The first-order chi connectivity index (χ1) is 10.2. The smallest absolute Gasteiger partial charge is 0.408 e. The lowest BCUT2D eigenvalue weighted by atomic mass is 10.2. The van der Waals surface area contributed by atoms with Gasteiger partial charge in [0.2, 0.25) is 0 Å². The van der Waals surface area contributed by atoms with Crippen molar-refractivity contribution < 1.29 is 4.42 Å². The van der Waals surface area contributed by atoms with E-state index < -0.39 is 5.76 Å². The minimum atomic E-state index is -0.390. The fraction of sp³-hybridized carbons (Fsp3) is 0.0588. The Morgan fingerprint density at radius 1 is 1.19 bits per heavy atom. The fourth-order valence-electron chi connectivity index (χ4n) is 1.93. The molecule has 2 aromatic heterocycles. The molecule has 21 heavy (non-hydrogen) atoms. The molecule has 2 heterocycles. The maximum atomic E-state index is 11.4. The predicted molar refractivity (Wildman–Crippen MR) is 79.6 cm³/mol. The van der Waals surface area contributed by atoms with Gasteiger partial charge in [-0.2, -0.15) is 0 Å². The van der Waals surface area contributed by atoms with Crippen LogP contribution in [0.25, 0.3) is 11.1 Å². The van der Waals surface area contributed by atoms with Gasteiger partial charge >= 0.3 is 5.76 Å². The van der Waals surface area contributed by atoms with Gasteiger partial charge in [0.1, 0.15) is 11.4 Å². The van der Waals surface area contributed by atoms with Crippen LogP contribution in [-0.4, -0.2) is 9.55 Å². The summed E-state index contributed by atoms with van der Waals surface area (Å²) in [6.45, 7) is 0. The first-order valence-corrected chi connectivity index (χ1v) is 6.22. The molecule has 3 rings (SSSR count). The van der Waals surface area contributed by atoms with Crippen LogP contribution in [0, 0.1) is 24.2 Å². The number of benzene rings is 1. The minimum absolute atomic E-state index is 0.390. The molecule has 0 amide bonds. The first kappa shape index (κ1) is 12.8. The zero-order valence-electron chi connectivity index (χ0n) is 11.3. The lowest BCUT2D eigenvalue weighted by molar-refractivity contribution is 0.528. The van der Waals surface area contributed by atoms with Crippen LogP contribution in [0.3, 0.4) is 0 Å². The van der Waals surface area contributed by atoms with Crippen molar-refractivity contribution in [2.45, 2.75) is 0 Å². The first-order valence-electron chi connectivity index (χ1n) is 6.22. The molecule has 0 atom stereocenters. The van der Waals surface area contributed by atoms with E-state index in [9.17, 15) is 4.79 Å². The zero-order valence-corrected chi connectivity index (χ0v) is 11.3. The highest BCUT2D eigenvalue weighted by atomic mass is 16.4. The summed E-state index contributed by atoms with van der Waals surface area (Å²) < 4.78 is 6.57. The Hall–Kier alpha value is -3.24. The van der Waals surface area contributed by atoms with Crippen molar-refractivity contribution in [1.29, 1.82) is 0 Å². The summed E-state index contributed by atoms with van der Waals surface area (Å²) >= 11 is 0. The Labute approximate surface area is 121 Å². The third-order valence-electron chi connectivity index (χ3n) is 3.02. The van der Waals surface area contributed by atoms with Crippen molar-refractivity contribution in [2.75, 3.05) is 0 Å². The summed E-state index contributed by atoms with van der Waals surface area (Å²) in [4.78, 5) is 15.6. The summed E-state index contributed by atoms with van der Waals surface area (Å²) in [5, 5.41) is 0. The van der Waals surface area contributed by atoms with E-state index in [1.165, 1.54) is 4.57 Å². The van der Waals surface area contributed by atoms with Crippen LogP contribution >= 0.6 is 0 Å². The third kappa shape index (κ3) is 2.43. The topological polar surface area (TPSA) is 48.0 Å². The van der Waals surface area contributed by atoms with Gasteiger partial charge in [0.05, 0.1) is 5.52 Å². The van der Waals surface area contributed by atoms with E-state index in [1.807, 2.05) is 12.1 Å². The lowest BCUT2D eigenvalue weighted by Crippen LogP contribution is -2.08. The molecule has 3 aromatic rings. The van der Waals surface area contributed by atoms with Crippen LogP contribution in [-0.2, 0) is 7.05 Å². The number of hydrogen-bond donors (Lipinski definition) is 0. The Bertz CT molecular complexity index is 991. The number of rotatable bonds is 0. The second kappa shape index (κ2) is 5.03. The van der Waals surface area contributed by atoms with Gasteiger partial charge in [-0.3, -0.25) is 4.57 Å². The highest BCUT2D eigenvalue weighted by Crippen LogP contribution is 2.13. The third-order valence-corrected chi connectivity index (χ3v) is 3.02. The quantitative estimate of drug-likeness (QED) is 0.588. The lowest BCUT2D eigenvalue weighted by Gasteiger charge is -1.93. The number of oxazole rings is 1. The van der Waals surface area contributed by atoms with Crippen LogP contribution in [0.5, 0.6) is 0 Å². The van der Waals surface area contributed by atoms with Crippen molar-refractivity contribution >= 4 is 11.1 Å². The predicted octanol–water partition coefficient (Wildman–Crippen LogP) is 1.91. The van der Waals surface area contributed by atoms with Crippen LogP contribution < -0.4 is 5.76 Å². The van der Waals surface area contributed by atoms with Crippen molar-refractivity contribution in [3.8, 4) is 24.2 Å². The van der Waals surface area contributed by atoms with Crippen LogP contribution in [0.2, 0.25) is 0 Å². The molecule has 0 bridgehead atoms. The van der Waals surface area contributed by atoms with Gasteiger partial charge in [0.25, 0.3) is 0 Å². The highest BCUT2D eigenvalue weighted by Gasteiger charge is 2.05. The average Bonchev–Trinajstić information content (AvgIpc) is 2.80. The number of nitrogens with zero attached hydrogens (tertiary/aromatic N) is 2. The SMILES string of the molecule is C#Cc1cccc(C#Cc2ccc3c(c2)oc(=O)n3C)n1. The van der Waals surface area contributed by atoms with E-state index in [1.54, 1.807) is 31.3 Å². The number of hydrogen-bond acceptors (Lipinski definition) is 3. The van der Waals surface area contributed by atoms with Crippen LogP contribution in [0.1, 0.15) is 17.0 Å². The monoisotopic (exact) mass is 274 g/mol. The fourth-order valence-corrected chi connectivity index (χ4v) is 1.93.